The van der Waals surface area contributed by atoms with E-state index in [2.05, 4.69) is 5.32 Å². The molecule has 1 N–H and O–H groups in total. The van der Waals surface area contributed by atoms with Gasteiger partial charge in [0, 0.05) is 12.1 Å². The molecule has 0 aromatic heterocycles. The van der Waals surface area contributed by atoms with Crippen LogP contribution in [0.4, 0.5) is 4.39 Å². The summed E-state index contributed by atoms with van der Waals surface area (Å²) in [4.78, 5) is 12.4. The molecule has 1 heterocycles. The van der Waals surface area contributed by atoms with E-state index in [0.717, 1.165) is 16.7 Å². The average Bonchev–Trinajstić information content (AvgIpc) is 2.84. The van der Waals surface area contributed by atoms with Gasteiger partial charge in [0.05, 0.1) is 5.02 Å². The van der Waals surface area contributed by atoms with Gasteiger partial charge in [-0.1, -0.05) is 29.8 Å². The summed E-state index contributed by atoms with van der Waals surface area (Å²) < 4.78 is 24.6. The van der Waals surface area contributed by atoms with Crippen LogP contribution in [-0.4, -0.2) is 17.6 Å². The number of fused-ring (bicyclic) bond motifs is 1. The van der Waals surface area contributed by atoms with Gasteiger partial charge < -0.3 is 14.8 Å². The van der Waals surface area contributed by atoms with Crippen LogP contribution in [0.2, 0.25) is 5.02 Å². The highest BCUT2D eigenvalue weighted by Gasteiger charge is 2.28. The summed E-state index contributed by atoms with van der Waals surface area (Å²) in [6, 6.07) is 9.55. The van der Waals surface area contributed by atoms with E-state index in [-0.39, 0.29) is 17.8 Å². The van der Waals surface area contributed by atoms with Crippen LogP contribution in [0, 0.1) is 5.82 Å². The van der Waals surface area contributed by atoms with E-state index in [1.54, 1.807) is 18.2 Å². The van der Waals surface area contributed by atoms with Crippen molar-refractivity contribution in [2.45, 2.75) is 58.4 Å². The van der Waals surface area contributed by atoms with Crippen molar-refractivity contribution in [2.75, 3.05) is 0 Å². The van der Waals surface area contributed by atoms with Gasteiger partial charge in [-0.2, -0.15) is 0 Å². The molecule has 0 fully saturated rings. The maximum absolute atomic E-state index is 13.1. The van der Waals surface area contributed by atoms with Gasteiger partial charge in [0.2, 0.25) is 0 Å². The lowest BCUT2D eigenvalue weighted by molar-refractivity contribution is -0.157. The van der Waals surface area contributed by atoms with Gasteiger partial charge >= 0.3 is 5.97 Å². The zero-order valence-corrected chi connectivity index (χ0v) is 17.1. The quantitative estimate of drug-likeness (QED) is 0.742. The van der Waals surface area contributed by atoms with Crippen molar-refractivity contribution >= 4 is 17.6 Å². The molecule has 0 amide bonds. The van der Waals surface area contributed by atoms with Crippen LogP contribution >= 0.6 is 11.6 Å². The Hall–Kier alpha value is -2.11. The Morgan fingerprint density at radius 3 is 2.61 bits per heavy atom. The van der Waals surface area contributed by atoms with E-state index in [1.165, 1.54) is 12.1 Å². The molecule has 0 aliphatic carbocycles. The predicted molar refractivity (Wildman–Crippen MR) is 107 cm³/mol. The Morgan fingerprint density at radius 1 is 1.21 bits per heavy atom. The van der Waals surface area contributed by atoms with Gasteiger partial charge in [-0.25, -0.2) is 4.39 Å². The standard InChI is InChI=1S/C22H25ClFNO3/c1-22(2,3)28-21(26)19-11-9-17-15(12-25-19)6-10-18(23)20(17)27-13-14-4-7-16(24)8-5-14/h4-8,10,19,25H,9,11-13H2,1-3H3. The molecule has 150 valence electrons. The monoisotopic (exact) mass is 405 g/mol. The Labute approximate surface area is 170 Å². The molecule has 0 radical (unpaired) electrons. The van der Waals surface area contributed by atoms with E-state index < -0.39 is 5.60 Å². The molecule has 6 heteroatoms. The number of esters is 1. The van der Waals surface area contributed by atoms with Gasteiger partial charge in [-0.15, -0.1) is 0 Å². The third kappa shape index (κ3) is 5.24. The van der Waals surface area contributed by atoms with Gasteiger partial charge in [0.1, 0.15) is 29.8 Å². The number of rotatable bonds is 4. The number of carbonyl (C=O) groups is 1. The minimum absolute atomic E-state index is 0.250. The van der Waals surface area contributed by atoms with Gasteiger partial charge in [-0.05, 0) is 62.9 Å². The fourth-order valence-corrected chi connectivity index (χ4v) is 3.40. The van der Waals surface area contributed by atoms with Crippen molar-refractivity contribution in [3.8, 4) is 5.75 Å². The Kier molecular flexibility index (Phi) is 6.26. The van der Waals surface area contributed by atoms with Crippen LogP contribution in [0.15, 0.2) is 36.4 Å². The van der Waals surface area contributed by atoms with Crippen LogP contribution in [0.3, 0.4) is 0 Å². The summed E-state index contributed by atoms with van der Waals surface area (Å²) in [7, 11) is 0. The molecule has 1 aliphatic rings. The molecular formula is C22H25ClFNO3. The number of halogens is 2. The topological polar surface area (TPSA) is 47.6 Å². The highest BCUT2D eigenvalue weighted by atomic mass is 35.5. The van der Waals surface area contributed by atoms with Crippen molar-refractivity contribution in [1.29, 1.82) is 0 Å². The molecule has 0 saturated carbocycles. The number of hydrogen-bond donors (Lipinski definition) is 1. The van der Waals surface area contributed by atoms with Gasteiger partial charge in [0.15, 0.2) is 0 Å². The SMILES string of the molecule is CC(C)(C)OC(=O)C1CCc2c(ccc(Cl)c2OCc2ccc(F)cc2)CN1. The number of hydrogen-bond acceptors (Lipinski definition) is 4. The van der Waals surface area contributed by atoms with Crippen molar-refractivity contribution in [2.24, 2.45) is 0 Å². The second-order valence-electron chi connectivity index (χ2n) is 7.93. The smallest absolute Gasteiger partial charge is 0.323 e. The molecule has 2 aromatic carbocycles. The van der Waals surface area contributed by atoms with Crippen molar-refractivity contribution in [3.05, 3.63) is 63.9 Å². The summed E-state index contributed by atoms with van der Waals surface area (Å²) >= 11 is 6.39. The molecule has 0 bridgehead atoms. The Balaban J connectivity index is 1.74. The van der Waals surface area contributed by atoms with Gasteiger partial charge in [-0.3, -0.25) is 4.79 Å². The summed E-state index contributed by atoms with van der Waals surface area (Å²) in [5.74, 6) is 0.0879. The lowest BCUT2D eigenvalue weighted by Gasteiger charge is -2.23. The van der Waals surface area contributed by atoms with E-state index in [4.69, 9.17) is 21.1 Å². The van der Waals surface area contributed by atoms with Crippen LogP contribution in [0.5, 0.6) is 5.75 Å². The van der Waals surface area contributed by atoms with Crippen molar-refractivity contribution in [1.82, 2.24) is 5.32 Å². The molecule has 1 atom stereocenters. The van der Waals surface area contributed by atoms with Crippen LogP contribution in [-0.2, 0) is 29.1 Å². The highest BCUT2D eigenvalue weighted by molar-refractivity contribution is 6.32. The number of benzene rings is 2. The third-order valence-electron chi connectivity index (χ3n) is 4.52. The second-order valence-corrected chi connectivity index (χ2v) is 8.34. The third-order valence-corrected chi connectivity index (χ3v) is 4.82. The zero-order chi connectivity index (χ0) is 20.3. The Morgan fingerprint density at radius 2 is 1.93 bits per heavy atom. The molecular weight excluding hydrogens is 381 g/mol. The summed E-state index contributed by atoms with van der Waals surface area (Å²) in [5.41, 5.74) is 2.37. The molecule has 1 aliphatic heterocycles. The lowest BCUT2D eigenvalue weighted by atomic mass is 10.0. The number of nitrogens with one attached hydrogen (secondary N) is 1. The average molecular weight is 406 g/mol. The lowest BCUT2D eigenvalue weighted by Crippen LogP contribution is -2.40. The largest absolute Gasteiger partial charge is 0.487 e. The Bertz CT molecular complexity index is 846. The van der Waals surface area contributed by atoms with E-state index in [9.17, 15) is 9.18 Å². The van der Waals surface area contributed by atoms with Crippen molar-refractivity contribution in [3.63, 3.8) is 0 Å². The maximum Gasteiger partial charge on any atom is 0.323 e. The van der Waals surface area contributed by atoms with Crippen molar-refractivity contribution < 1.29 is 18.7 Å². The highest BCUT2D eigenvalue weighted by Crippen LogP contribution is 2.35. The van der Waals surface area contributed by atoms with Crippen LogP contribution in [0.1, 0.15) is 43.9 Å². The summed E-state index contributed by atoms with van der Waals surface area (Å²) in [5, 5.41) is 3.80. The normalized spacial score (nSPS) is 16.8. The molecule has 28 heavy (non-hydrogen) atoms. The predicted octanol–water partition coefficient (Wildman–Crippen LogP) is 4.80. The first-order valence-electron chi connectivity index (χ1n) is 9.36. The number of carbonyl (C=O) groups excluding carboxylic acids is 1. The summed E-state index contributed by atoms with van der Waals surface area (Å²) in [6.07, 6.45) is 1.24. The molecule has 0 saturated heterocycles. The maximum atomic E-state index is 13.1. The molecule has 1 unspecified atom stereocenters. The molecule has 4 nitrogen and oxygen atoms in total. The first kappa shape index (κ1) is 20.6. The van der Waals surface area contributed by atoms with E-state index >= 15 is 0 Å². The zero-order valence-electron chi connectivity index (χ0n) is 16.4. The minimum Gasteiger partial charge on any atom is -0.487 e. The van der Waals surface area contributed by atoms with Crippen LogP contribution in [0.25, 0.3) is 0 Å². The molecule has 3 rings (SSSR count). The fourth-order valence-electron chi connectivity index (χ4n) is 3.17. The van der Waals surface area contributed by atoms with Gasteiger partial charge in [0.25, 0.3) is 0 Å². The molecule has 2 aromatic rings. The van der Waals surface area contributed by atoms with E-state index in [1.807, 2.05) is 26.8 Å². The first-order chi connectivity index (χ1) is 13.2. The molecule has 0 spiro atoms. The first-order valence-corrected chi connectivity index (χ1v) is 9.74. The fraction of sp³-hybridized carbons (Fsp3) is 0.409. The second kappa shape index (κ2) is 8.50. The number of ether oxygens (including phenoxy) is 2. The van der Waals surface area contributed by atoms with E-state index in [0.29, 0.717) is 36.8 Å². The van der Waals surface area contributed by atoms with Crippen LogP contribution < -0.4 is 10.1 Å². The summed E-state index contributed by atoms with van der Waals surface area (Å²) in [6.45, 7) is 6.40. The minimum atomic E-state index is -0.523.